The minimum absolute atomic E-state index is 0.624. The van der Waals surface area contributed by atoms with Crippen LogP contribution in [0.2, 0.25) is 5.02 Å². The zero-order valence-corrected chi connectivity index (χ0v) is 14.9. The van der Waals surface area contributed by atoms with Gasteiger partial charge in [0.25, 0.3) is 0 Å². The Morgan fingerprint density at radius 1 is 1.04 bits per heavy atom. The molecule has 0 atom stereocenters. The molecule has 0 aliphatic carbocycles. The molecule has 0 N–H and O–H groups in total. The third kappa shape index (κ3) is 3.25. The molecule has 2 heteroatoms. The largest absolute Gasteiger partial charge is 0.256 e. The zero-order valence-electron chi connectivity index (χ0n) is 14.2. The first-order chi connectivity index (χ1) is 11.0. The lowest BCUT2D eigenvalue weighted by Gasteiger charge is -2.13. The Morgan fingerprint density at radius 3 is 2.39 bits per heavy atom. The van der Waals surface area contributed by atoms with Crippen molar-refractivity contribution in [1.29, 1.82) is 0 Å². The first-order valence-corrected chi connectivity index (χ1v) is 8.48. The van der Waals surface area contributed by atoms with Gasteiger partial charge in [-0.3, -0.25) is 4.98 Å². The topological polar surface area (TPSA) is 12.9 Å². The second-order valence-corrected chi connectivity index (χ2v) is 7.14. The smallest absolute Gasteiger partial charge is 0.0709 e. The fraction of sp³-hybridized carbons (Fsp3) is 0.286. The Kier molecular flexibility index (Phi) is 4.41. The summed E-state index contributed by atoms with van der Waals surface area (Å²) in [5, 5.41) is 1.90. The van der Waals surface area contributed by atoms with Crippen LogP contribution in [-0.4, -0.2) is 4.98 Å². The van der Waals surface area contributed by atoms with E-state index in [1.807, 2.05) is 6.20 Å². The first-order valence-electron chi connectivity index (χ1n) is 8.10. The number of halogens is 1. The van der Waals surface area contributed by atoms with E-state index in [1.54, 1.807) is 0 Å². The van der Waals surface area contributed by atoms with E-state index in [-0.39, 0.29) is 0 Å². The molecule has 0 aliphatic rings. The standard InChI is InChI=1S/C21H22ClN/c1-13(2)8-16-9-17-10-19(22)18(11-20(17)23-12-16)21-14(3)6-5-7-15(21)4/h5-7,9-13H,8H2,1-4H3. The maximum Gasteiger partial charge on any atom is 0.0709 e. The number of fused-ring (bicyclic) bond motifs is 1. The summed E-state index contributed by atoms with van der Waals surface area (Å²) in [5.74, 6) is 0.624. The number of aryl methyl sites for hydroxylation is 2. The van der Waals surface area contributed by atoms with Crippen LogP contribution in [0.1, 0.15) is 30.5 Å². The Hall–Kier alpha value is -1.86. The van der Waals surface area contributed by atoms with Crippen molar-refractivity contribution >= 4 is 22.5 Å². The van der Waals surface area contributed by atoms with Gasteiger partial charge in [-0.1, -0.05) is 43.6 Å². The van der Waals surface area contributed by atoms with Crippen LogP contribution in [0.3, 0.4) is 0 Å². The molecule has 2 aromatic carbocycles. The molecular formula is C21H22ClN. The van der Waals surface area contributed by atoms with Gasteiger partial charge in [0.15, 0.2) is 0 Å². The van der Waals surface area contributed by atoms with Crippen LogP contribution in [0.4, 0.5) is 0 Å². The molecule has 0 bridgehead atoms. The maximum absolute atomic E-state index is 6.61. The highest BCUT2D eigenvalue weighted by molar-refractivity contribution is 6.34. The molecule has 23 heavy (non-hydrogen) atoms. The maximum atomic E-state index is 6.61. The van der Waals surface area contributed by atoms with Gasteiger partial charge in [-0.25, -0.2) is 0 Å². The highest BCUT2D eigenvalue weighted by atomic mass is 35.5. The van der Waals surface area contributed by atoms with Gasteiger partial charge in [0.2, 0.25) is 0 Å². The average Bonchev–Trinajstić information content (AvgIpc) is 2.47. The molecule has 3 aromatic rings. The zero-order chi connectivity index (χ0) is 16.6. The molecule has 0 fully saturated rings. The van der Waals surface area contributed by atoms with Crippen LogP contribution in [0.5, 0.6) is 0 Å². The van der Waals surface area contributed by atoms with Gasteiger partial charge in [-0.05, 0) is 66.6 Å². The van der Waals surface area contributed by atoms with E-state index in [4.69, 9.17) is 11.6 Å². The molecule has 0 aliphatic heterocycles. The van der Waals surface area contributed by atoms with Crippen molar-refractivity contribution < 1.29 is 0 Å². The number of benzene rings is 2. The number of aromatic nitrogens is 1. The van der Waals surface area contributed by atoms with Crippen molar-refractivity contribution in [2.24, 2.45) is 5.92 Å². The van der Waals surface area contributed by atoms with E-state index in [2.05, 4.69) is 69.1 Å². The van der Waals surface area contributed by atoms with E-state index in [1.165, 1.54) is 22.3 Å². The van der Waals surface area contributed by atoms with E-state index in [0.29, 0.717) is 5.92 Å². The van der Waals surface area contributed by atoms with Gasteiger partial charge in [0, 0.05) is 22.2 Å². The molecule has 0 saturated heterocycles. The number of pyridine rings is 1. The molecule has 3 rings (SSSR count). The van der Waals surface area contributed by atoms with Gasteiger partial charge in [-0.2, -0.15) is 0 Å². The number of hydrogen-bond donors (Lipinski definition) is 0. The summed E-state index contributed by atoms with van der Waals surface area (Å²) in [4.78, 5) is 4.66. The lowest BCUT2D eigenvalue weighted by atomic mass is 9.94. The van der Waals surface area contributed by atoms with E-state index in [9.17, 15) is 0 Å². The number of rotatable bonds is 3. The normalized spacial score (nSPS) is 11.4. The molecule has 0 spiro atoms. The van der Waals surface area contributed by atoms with E-state index in [0.717, 1.165) is 27.9 Å². The number of nitrogens with zero attached hydrogens (tertiary/aromatic N) is 1. The third-order valence-electron chi connectivity index (χ3n) is 4.22. The molecule has 1 heterocycles. The summed E-state index contributed by atoms with van der Waals surface area (Å²) in [6, 6.07) is 12.7. The SMILES string of the molecule is Cc1cccc(C)c1-c1cc2ncc(CC(C)C)cc2cc1Cl. The van der Waals surface area contributed by atoms with Crippen molar-refractivity contribution in [3.8, 4) is 11.1 Å². The van der Waals surface area contributed by atoms with Crippen LogP contribution in [-0.2, 0) is 6.42 Å². The van der Waals surface area contributed by atoms with Crippen molar-refractivity contribution in [2.75, 3.05) is 0 Å². The number of hydrogen-bond acceptors (Lipinski definition) is 1. The van der Waals surface area contributed by atoms with Gasteiger partial charge < -0.3 is 0 Å². The summed E-state index contributed by atoms with van der Waals surface area (Å²) in [6.45, 7) is 8.70. The van der Waals surface area contributed by atoms with Gasteiger partial charge in [0.1, 0.15) is 0 Å². The molecule has 118 valence electrons. The fourth-order valence-electron chi connectivity index (χ4n) is 3.21. The average molecular weight is 324 g/mol. The Labute approximate surface area is 143 Å². The molecule has 1 aromatic heterocycles. The fourth-order valence-corrected chi connectivity index (χ4v) is 3.47. The minimum atomic E-state index is 0.624. The summed E-state index contributed by atoms with van der Waals surface area (Å²) < 4.78 is 0. The lowest BCUT2D eigenvalue weighted by Crippen LogP contribution is -1.96. The first kappa shape index (κ1) is 16.0. The van der Waals surface area contributed by atoms with Crippen LogP contribution >= 0.6 is 11.6 Å². The highest BCUT2D eigenvalue weighted by Crippen LogP contribution is 2.35. The van der Waals surface area contributed by atoms with Gasteiger partial charge in [0.05, 0.1) is 5.52 Å². The molecule has 0 amide bonds. The van der Waals surface area contributed by atoms with Crippen molar-refractivity contribution in [2.45, 2.75) is 34.1 Å². The van der Waals surface area contributed by atoms with Crippen molar-refractivity contribution in [1.82, 2.24) is 4.98 Å². The monoisotopic (exact) mass is 323 g/mol. The molecule has 0 unspecified atom stereocenters. The van der Waals surface area contributed by atoms with E-state index < -0.39 is 0 Å². The van der Waals surface area contributed by atoms with Crippen LogP contribution < -0.4 is 0 Å². The molecule has 0 radical (unpaired) electrons. The van der Waals surface area contributed by atoms with Crippen LogP contribution in [0.15, 0.2) is 42.6 Å². The van der Waals surface area contributed by atoms with Gasteiger partial charge in [-0.15, -0.1) is 0 Å². The Balaban J connectivity index is 2.15. The highest BCUT2D eigenvalue weighted by Gasteiger charge is 2.12. The predicted octanol–water partition coefficient (Wildman–Crippen LogP) is 6.37. The van der Waals surface area contributed by atoms with Crippen LogP contribution in [0.25, 0.3) is 22.0 Å². The molecule has 1 nitrogen and oxygen atoms in total. The summed E-state index contributed by atoms with van der Waals surface area (Å²) >= 11 is 6.61. The van der Waals surface area contributed by atoms with E-state index >= 15 is 0 Å². The Bertz CT molecular complexity index is 845. The lowest BCUT2D eigenvalue weighted by molar-refractivity contribution is 0.646. The summed E-state index contributed by atoms with van der Waals surface area (Å²) in [5.41, 5.74) is 7.03. The van der Waals surface area contributed by atoms with Crippen molar-refractivity contribution in [3.05, 3.63) is 64.3 Å². The van der Waals surface area contributed by atoms with Gasteiger partial charge >= 0.3 is 0 Å². The quantitative estimate of drug-likeness (QED) is 0.545. The van der Waals surface area contributed by atoms with Crippen LogP contribution in [0, 0.1) is 19.8 Å². The Morgan fingerprint density at radius 2 is 1.74 bits per heavy atom. The molecular weight excluding hydrogens is 302 g/mol. The third-order valence-corrected chi connectivity index (χ3v) is 4.53. The van der Waals surface area contributed by atoms with Crippen molar-refractivity contribution in [3.63, 3.8) is 0 Å². The summed E-state index contributed by atoms with van der Waals surface area (Å²) in [6.07, 6.45) is 3.03. The summed E-state index contributed by atoms with van der Waals surface area (Å²) in [7, 11) is 0. The second kappa shape index (κ2) is 6.33. The molecule has 0 saturated carbocycles. The second-order valence-electron chi connectivity index (χ2n) is 6.73. The predicted molar refractivity (Wildman–Crippen MR) is 100 cm³/mol. The minimum Gasteiger partial charge on any atom is -0.256 e.